The van der Waals surface area contributed by atoms with Crippen molar-refractivity contribution >= 4 is 6.09 Å². The van der Waals surface area contributed by atoms with Crippen molar-refractivity contribution in [1.29, 1.82) is 0 Å². The highest BCUT2D eigenvalue weighted by atomic mass is 19.4. The summed E-state index contributed by atoms with van der Waals surface area (Å²) >= 11 is 0. The molecule has 7 heteroatoms. The van der Waals surface area contributed by atoms with Gasteiger partial charge in [0.25, 0.3) is 0 Å². The van der Waals surface area contributed by atoms with Crippen molar-refractivity contribution in [3.63, 3.8) is 0 Å². The first-order valence-electron chi connectivity index (χ1n) is 8.53. The van der Waals surface area contributed by atoms with Crippen LogP contribution in [0.25, 0.3) is 0 Å². The molecule has 1 atom stereocenters. The molecule has 0 N–H and O–H groups in total. The Morgan fingerprint density at radius 3 is 2.58 bits per heavy atom. The second-order valence-electron chi connectivity index (χ2n) is 7.33. The molecule has 1 aliphatic rings. The standard InChI is InChI=1S/C19H23F3N2O2/c1-13-11-14(19(20,21)22)12-15(23-13)8-9-16-7-5-6-10-24(16)17(25)26-18(2,3)4/h11-12,16H,5-7,10H2,1-4H3. The summed E-state index contributed by atoms with van der Waals surface area (Å²) in [6.07, 6.45) is -2.50. The van der Waals surface area contributed by atoms with Crippen molar-refractivity contribution in [3.8, 4) is 11.8 Å². The van der Waals surface area contributed by atoms with Gasteiger partial charge in [-0.15, -0.1) is 0 Å². The summed E-state index contributed by atoms with van der Waals surface area (Å²) in [5.74, 6) is 5.61. The Kier molecular flexibility index (Phi) is 5.84. The van der Waals surface area contributed by atoms with Crippen LogP contribution in [-0.4, -0.2) is 34.2 Å². The molecule has 1 aliphatic heterocycles. The van der Waals surface area contributed by atoms with Gasteiger partial charge >= 0.3 is 12.3 Å². The first kappa shape index (κ1) is 20.1. The Balaban J connectivity index is 2.24. The lowest BCUT2D eigenvalue weighted by Gasteiger charge is -2.34. The number of rotatable bonds is 0. The first-order valence-corrected chi connectivity index (χ1v) is 8.53. The van der Waals surface area contributed by atoms with Crippen molar-refractivity contribution in [2.24, 2.45) is 0 Å². The molecule has 0 bridgehead atoms. The van der Waals surface area contributed by atoms with Gasteiger partial charge in [-0.3, -0.25) is 4.90 Å². The number of aryl methyl sites for hydroxylation is 1. The Labute approximate surface area is 151 Å². The fourth-order valence-corrected chi connectivity index (χ4v) is 2.67. The maximum Gasteiger partial charge on any atom is 0.416 e. The molecule has 1 saturated heterocycles. The highest BCUT2D eigenvalue weighted by Gasteiger charge is 2.31. The molecule has 0 aromatic carbocycles. The van der Waals surface area contributed by atoms with Crippen molar-refractivity contribution in [3.05, 3.63) is 29.1 Å². The number of ether oxygens (including phenoxy) is 1. The summed E-state index contributed by atoms with van der Waals surface area (Å²) in [6.45, 7) is 7.36. The number of carbonyl (C=O) groups is 1. The van der Waals surface area contributed by atoms with Crippen LogP contribution in [0.3, 0.4) is 0 Å². The van der Waals surface area contributed by atoms with Gasteiger partial charge in [0.05, 0.1) is 11.6 Å². The van der Waals surface area contributed by atoms with Gasteiger partial charge in [0, 0.05) is 12.2 Å². The normalized spacial score (nSPS) is 18.1. The summed E-state index contributed by atoms with van der Waals surface area (Å²) < 4.78 is 44.2. The molecule has 4 nitrogen and oxygen atoms in total. The molecule has 2 heterocycles. The lowest BCUT2D eigenvalue weighted by atomic mass is 10.0. The third kappa shape index (κ3) is 5.65. The number of carbonyl (C=O) groups excluding carboxylic acids is 1. The molecular formula is C19H23F3N2O2. The third-order valence-electron chi connectivity index (χ3n) is 3.78. The molecule has 1 unspecified atom stereocenters. The number of likely N-dealkylation sites (tertiary alicyclic amines) is 1. The van der Waals surface area contributed by atoms with E-state index in [2.05, 4.69) is 16.8 Å². The minimum Gasteiger partial charge on any atom is -0.444 e. The van der Waals surface area contributed by atoms with Crippen molar-refractivity contribution < 1.29 is 22.7 Å². The van der Waals surface area contributed by atoms with E-state index in [1.54, 1.807) is 25.7 Å². The van der Waals surface area contributed by atoms with Crippen LogP contribution in [0.5, 0.6) is 0 Å². The van der Waals surface area contributed by atoms with Crippen molar-refractivity contribution in [2.75, 3.05) is 6.54 Å². The summed E-state index contributed by atoms with van der Waals surface area (Å²) in [5, 5.41) is 0. The minimum absolute atomic E-state index is 0.0482. The summed E-state index contributed by atoms with van der Waals surface area (Å²) in [7, 11) is 0. The Hall–Kier alpha value is -2.23. The van der Waals surface area contributed by atoms with Gasteiger partial charge in [-0.25, -0.2) is 9.78 Å². The smallest absolute Gasteiger partial charge is 0.416 e. The van der Waals surface area contributed by atoms with Crippen molar-refractivity contribution in [2.45, 2.75) is 64.8 Å². The Bertz CT molecular complexity index is 727. The third-order valence-corrected chi connectivity index (χ3v) is 3.78. The number of piperidine rings is 1. The number of nitrogens with zero attached hydrogens (tertiary/aromatic N) is 2. The zero-order valence-electron chi connectivity index (χ0n) is 15.4. The van der Waals surface area contributed by atoms with Gasteiger partial charge in [0.15, 0.2) is 0 Å². The van der Waals surface area contributed by atoms with Crippen molar-refractivity contribution in [1.82, 2.24) is 9.88 Å². The lowest BCUT2D eigenvalue weighted by Crippen LogP contribution is -2.45. The average Bonchev–Trinajstić information content (AvgIpc) is 2.50. The fourth-order valence-electron chi connectivity index (χ4n) is 2.67. The molecule has 2 rings (SSSR count). The summed E-state index contributed by atoms with van der Waals surface area (Å²) in [4.78, 5) is 17.9. The number of amides is 1. The number of halogens is 3. The molecule has 1 amide bonds. The topological polar surface area (TPSA) is 42.4 Å². The molecule has 142 valence electrons. The summed E-state index contributed by atoms with van der Waals surface area (Å²) in [5.41, 5.74) is -1.10. The maximum absolute atomic E-state index is 12.9. The number of hydrogen-bond acceptors (Lipinski definition) is 3. The van der Waals surface area contributed by atoms with Crippen LogP contribution in [0.15, 0.2) is 12.1 Å². The van der Waals surface area contributed by atoms with E-state index in [4.69, 9.17) is 4.74 Å². The van der Waals surface area contributed by atoms with Crippen LogP contribution in [-0.2, 0) is 10.9 Å². The molecule has 0 spiro atoms. The molecule has 26 heavy (non-hydrogen) atoms. The molecule has 1 fully saturated rings. The highest BCUT2D eigenvalue weighted by Crippen LogP contribution is 2.29. The monoisotopic (exact) mass is 368 g/mol. The van der Waals surface area contributed by atoms with E-state index in [0.717, 1.165) is 25.0 Å². The van der Waals surface area contributed by atoms with E-state index in [1.165, 1.54) is 6.92 Å². The number of aromatic nitrogens is 1. The predicted molar refractivity (Wildman–Crippen MR) is 91.4 cm³/mol. The van der Waals surface area contributed by atoms with E-state index >= 15 is 0 Å². The Morgan fingerprint density at radius 2 is 1.96 bits per heavy atom. The van der Waals surface area contributed by atoms with Crippen LogP contribution in [0.4, 0.5) is 18.0 Å². The van der Waals surface area contributed by atoms with Crippen LogP contribution >= 0.6 is 0 Å². The first-order chi connectivity index (χ1) is 12.0. The van der Waals surface area contributed by atoms with Gasteiger partial charge in [0.1, 0.15) is 11.3 Å². The van der Waals surface area contributed by atoms with Crippen LogP contribution in [0.2, 0.25) is 0 Å². The zero-order chi connectivity index (χ0) is 19.5. The quantitative estimate of drug-likeness (QED) is 0.631. The van der Waals surface area contributed by atoms with E-state index in [9.17, 15) is 18.0 Å². The van der Waals surface area contributed by atoms with Crippen LogP contribution < -0.4 is 0 Å². The number of alkyl halides is 3. The van der Waals surface area contributed by atoms with Gasteiger partial charge in [-0.1, -0.05) is 5.92 Å². The van der Waals surface area contributed by atoms with E-state index in [1.807, 2.05) is 0 Å². The van der Waals surface area contributed by atoms with E-state index < -0.39 is 29.5 Å². The van der Waals surface area contributed by atoms with Crippen LogP contribution in [0.1, 0.15) is 57.0 Å². The fraction of sp³-hybridized carbons (Fsp3) is 0.579. The largest absolute Gasteiger partial charge is 0.444 e. The maximum atomic E-state index is 12.9. The second-order valence-corrected chi connectivity index (χ2v) is 7.33. The van der Waals surface area contributed by atoms with Gasteiger partial charge in [0.2, 0.25) is 0 Å². The predicted octanol–water partition coefficient (Wildman–Crippen LogP) is 4.55. The van der Waals surface area contributed by atoms with E-state index in [-0.39, 0.29) is 11.4 Å². The Morgan fingerprint density at radius 1 is 1.27 bits per heavy atom. The van der Waals surface area contributed by atoms with Gasteiger partial charge in [-0.05, 0) is 65.0 Å². The van der Waals surface area contributed by atoms with Crippen LogP contribution in [0, 0.1) is 18.8 Å². The number of hydrogen-bond donors (Lipinski definition) is 0. The molecule has 1 aromatic heterocycles. The lowest BCUT2D eigenvalue weighted by molar-refractivity contribution is -0.137. The highest BCUT2D eigenvalue weighted by molar-refractivity contribution is 5.69. The zero-order valence-corrected chi connectivity index (χ0v) is 15.4. The average molecular weight is 368 g/mol. The molecular weight excluding hydrogens is 345 g/mol. The molecule has 0 saturated carbocycles. The minimum atomic E-state index is -4.45. The SMILES string of the molecule is Cc1cc(C(F)(F)F)cc(C#CC2CCCCN2C(=O)OC(C)(C)C)n1. The molecule has 0 radical (unpaired) electrons. The van der Waals surface area contributed by atoms with E-state index in [0.29, 0.717) is 13.0 Å². The molecule has 1 aromatic rings. The number of pyridine rings is 1. The summed E-state index contributed by atoms with van der Waals surface area (Å²) in [6, 6.07) is 1.52. The van der Waals surface area contributed by atoms with Gasteiger partial charge in [-0.2, -0.15) is 13.2 Å². The second kappa shape index (κ2) is 7.56. The van der Waals surface area contributed by atoms with Gasteiger partial charge < -0.3 is 4.74 Å². The molecule has 0 aliphatic carbocycles.